The van der Waals surface area contributed by atoms with Gasteiger partial charge in [-0.05, 0) is 63.0 Å². The minimum absolute atomic E-state index is 0.149. The molecule has 1 atom stereocenters. The van der Waals surface area contributed by atoms with Crippen molar-refractivity contribution in [2.45, 2.75) is 50.9 Å². The Bertz CT molecular complexity index is 916. The average molecular weight is 453 g/mol. The predicted octanol–water partition coefficient (Wildman–Crippen LogP) is 4.47. The quantitative estimate of drug-likeness (QED) is 0.559. The molecule has 1 aromatic heterocycles. The number of likely N-dealkylation sites (N-methyl/N-ethyl adjacent to an activating group) is 1. The van der Waals surface area contributed by atoms with E-state index in [0.717, 1.165) is 30.8 Å². The highest BCUT2D eigenvalue weighted by Gasteiger charge is 2.31. The van der Waals surface area contributed by atoms with Crippen molar-refractivity contribution in [2.24, 2.45) is 5.92 Å². The van der Waals surface area contributed by atoms with E-state index in [-0.39, 0.29) is 11.8 Å². The molecular formula is C26H36N4O3. The molecule has 2 aromatic rings. The van der Waals surface area contributed by atoms with Crippen LogP contribution in [-0.4, -0.2) is 66.2 Å². The molecule has 178 valence electrons. The van der Waals surface area contributed by atoms with E-state index in [2.05, 4.69) is 15.0 Å². The molecule has 0 spiro atoms. The third-order valence-electron chi connectivity index (χ3n) is 6.63. The van der Waals surface area contributed by atoms with Crippen LogP contribution in [0.15, 0.2) is 28.8 Å². The van der Waals surface area contributed by atoms with Gasteiger partial charge in [0.2, 0.25) is 5.91 Å². The Morgan fingerprint density at radius 1 is 1.12 bits per heavy atom. The zero-order chi connectivity index (χ0) is 23.0. The Labute approximate surface area is 196 Å². The second-order valence-electron chi connectivity index (χ2n) is 9.58. The van der Waals surface area contributed by atoms with Crippen LogP contribution in [-0.2, 0) is 4.79 Å². The lowest BCUT2D eigenvalue weighted by atomic mass is 9.87. The first-order valence-electron chi connectivity index (χ1n) is 12.2. The smallest absolute Gasteiger partial charge is 0.250 e. The van der Waals surface area contributed by atoms with Crippen LogP contribution in [0, 0.1) is 5.92 Å². The number of amides is 1. The average Bonchev–Trinajstić information content (AvgIpc) is 3.30. The summed E-state index contributed by atoms with van der Waals surface area (Å²) in [6, 6.07) is 7.95. The van der Waals surface area contributed by atoms with Gasteiger partial charge in [-0.25, -0.2) is 0 Å². The summed E-state index contributed by atoms with van der Waals surface area (Å²) in [6.07, 6.45) is 11.6. The van der Waals surface area contributed by atoms with Crippen molar-refractivity contribution >= 4 is 18.1 Å². The third-order valence-corrected chi connectivity index (χ3v) is 6.63. The van der Waals surface area contributed by atoms with E-state index in [9.17, 15) is 4.79 Å². The fourth-order valence-electron chi connectivity index (χ4n) is 4.65. The predicted molar refractivity (Wildman–Crippen MR) is 129 cm³/mol. The zero-order valence-corrected chi connectivity index (χ0v) is 19.9. The summed E-state index contributed by atoms with van der Waals surface area (Å²) in [7, 11) is 4.06. The number of likely N-dealkylation sites (tertiary alicyclic amines) is 1. The third kappa shape index (κ3) is 6.90. The van der Waals surface area contributed by atoms with Crippen molar-refractivity contribution in [1.29, 1.82) is 0 Å². The second kappa shape index (κ2) is 11.5. The molecule has 1 aliphatic carbocycles. The molecule has 1 aliphatic heterocycles. The topological polar surface area (TPSA) is 71.7 Å². The molecule has 33 heavy (non-hydrogen) atoms. The highest BCUT2D eigenvalue weighted by molar-refractivity contribution is 5.77. The number of benzene rings is 1. The Morgan fingerprint density at radius 3 is 2.67 bits per heavy atom. The molecule has 4 rings (SSSR count). The van der Waals surface area contributed by atoms with Crippen molar-refractivity contribution in [3.05, 3.63) is 41.5 Å². The van der Waals surface area contributed by atoms with E-state index in [0.29, 0.717) is 37.2 Å². The lowest BCUT2D eigenvalue weighted by molar-refractivity contribution is -0.134. The summed E-state index contributed by atoms with van der Waals surface area (Å²) in [6.45, 7) is 3.13. The van der Waals surface area contributed by atoms with Gasteiger partial charge in [0, 0.05) is 38.0 Å². The van der Waals surface area contributed by atoms with Crippen molar-refractivity contribution in [2.75, 3.05) is 40.3 Å². The van der Waals surface area contributed by atoms with Gasteiger partial charge in [-0.15, -0.1) is 0 Å². The molecule has 0 radical (unpaired) electrons. The van der Waals surface area contributed by atoms with Gasteiger partial charge in [0.1, 0.15) is 12.4 Å². The van der Waals surface area contributed by atoms with E-state index >= 15 is 0 Å². The Hall–Kier alpha value is -2.67. The van der Waals surface area contributed by atoms with Crippen molar-refractivity contribution in [3.8, 4) is 5.75 Å². The van der Waals surface area contributed by atoms with Crippen LogP contribution in [0.2, 0.25) is 0 Å². The van der Waals surface area contributed by atoms with Crippen molar-refractivity contribution < 1.29 is 14.1 Å². The lowest BCUT2D eigenvalue weighted by Gasteiger charge is -2.35. The number of nitrogens with zero attached hydrogens (tertiary/aromatic N) is 4. The molecule has 1 saturated heterocycles. The molecular weight excluding hydrogens is 416 g/mol. The first-order valence-corrected chi connectivity index (χ1v) is 12.2. The van der Waals surface area contributed by atoms with Gasteiger partial charge in [0.15, 0.2) is 5.82 Å². The van der Waals surface area contributed by atoms with Crippen LogP contribution >= 0.6 is 0 Å². The summed E-state index contributed by atoms with van der Waals surface area (Å²) >= 11 is 0. The van der Waals surface area contributed by atoms with E-state index in [4.69, 9.17) is 9.26 Å². The van der Waals surface area contributed by atoms with E-state index in [1.165, 1.54) is 32.1 Å². The molecule has 2 aliphatic rings. The highest BCUT2D eigenvalue weighted by atomic mass is 16.5. The normalized spacial score (nSPS) is 20.2. The van der Waals surface area contributed by atoms with E-state index in [1.54, 1.807) is 0 Å². The van der Waals surface area contributed by atoms with Gasteiger partial charge in [0.25, 0.3) is 5.89 Å². The van der Waals surface area contributed by atoms with Gasteiger partial charge < -0.3 is 19.1 Å². The summed E-state index contributed by atoms with van der Waals surface area (Å²) in [5.74, 6) is 3.13. The number of carbonyl (C=O) groups excluding carboxylic acids is 1. The van der Waals surface area contributed by atoms with Crippen LogP contribution in [0.1, 0.15) is 68.1 Å². The highest BCUT2D eigenvalue weighted by Crippen LogP contribution is 2.30. The van der Waals surface area contributed by atoms with Gasteiger partial charge in [-0.3, -0.25) is 4.79 Å². The molecule has 0 N–H and O–H groups in total. The summed E-state index contributed by atoms with van der Waals surface area (Å²) in [5.41, 5.74) is 1.04. The Morgan fingerprint density at radius 2 is 1.91 bits per heavy atom. The molecule has 1 saturated carbocycles. The van der Waals surface area contributed by atoms with Gasteiger partial charge in [0.05, 0.1) is 0 Å². The molecule has 0 bridgehead atoms. The largest absolute Gasteiger partial charge is 0.492 e. The van der Waals surface area contributed by atoms with Gasteiger partial charge in [-0.1, -0.05) is 36.6 Å². The van der Waals surface area contributed by atoms with E-state index in [1.807, 2.05) is 55.4 Å². The summed E-state index contributed by atoms with van der Waals surface area (Å²) in [5, 5.41) is 4.22. The number of hydrogen-bond acceptors (Lipinski definition) is 6. The standard InChI is InChI=1S/C26H36N4O3/c1-29(2)16-17-32-23-12-8-20(9-13-23)10-14-24-27-26(28-33-24)22-11-15-25(31)30(19-22)18-21-6-4-3-5-7-21/h8-10,12-14,21-22H,3-7,11,15-19H2,1-2H3/b14-10+. The maximum atomic E-state index is 12.5. The Kier molecular flexibility index (Phi) is 8.15. The summed E-state index contributed by atoms with van der Waals surface area (Å²) < 4.78 is 11.2. The van der Waals surface area contributed by atoms with E-state index < -0.39 is 0 Å². The molecule has 7 heteroatoms. The van der Waals surface area contributed by atoms with Crippen LogP contribution in [0.5, 0.6) is 5.75 Å². The number of ether oxygens (including phenoxy) is 1. The summed E-state index contributed by atoms with van der Waals surface area (Å²) in [4.78, 5) is 21.2. The van der Waals surface area contributed by atoms with Crippen LogP contribution in [0.3, 0.4) is 0 Å². The molecule has 1 aromatic carbocycles. The van der Waals surface area contributed by atoms with Gasteiger partial charge >= 0.3 is 0 Å². The number of piperidine rings is 1. The second-order valence-corrected chi connectivity index (χ2v) is 9.58. The van der Waals surface area contributed by atoms with Crippen LogP contribution < -0.4 is 4.74 Å². The molecule has 1 unspecified atom stereocenters. The zero-order valence-electron chi connectivity index (χ0n) is 19.9. The van der Waals surface area contributed by atoms with Crippen molar-refractivity contribution in [3.63, 3.8) is 0 Å². The van der Waals surface area contributed by atoms with Crippen molar-refractivity contribution in [1.82, 2.24) is 19.9 Å². The molecule has 2 fully saturated rings. The van der Waals surface area contributed by atoms with Crippen LogP contribution in [0.4, 0.5) is 0 Å². The fourth-order valence-corrected chi connectivity index (χ4v) is 4.65. The number of hydrogen-bond donors (Lipinski definition) is 0. The maximum Gasteiger partial charge on any atom is 0.250 e. The molecule has 1 amide bonds. The monoisotopic (exact) mass is 452 g/mol. The fraction of sp³-hybridized carbons (Fsp3) is 0.577. The first kappa shape index (κ1) is 23.5. The minimum atomic E-state index is 0.149. The molecule has 7 nitrogen and oxygen atoms in total. The first-order chi connectivity index (χ1) is 16.1. The van der Waals surface area contributed by atoms with Crippen LogP contribution in [0.25, 0.3) is 12.2 Å². The number of carbonyl (C=O) groups is 1. The maximum absolute atomic E-state index is 12.5. The van der Waals surface area contributed by atoms with Gasteiger partial charge in [-0.2, -0.15) is 4.98 Å². The SMILES string of the molecule is CN(C)CCOc1ccc(/C=C/c2nc(C3CCC(=O)N(CC4CCCCC4)C3)no2)cc1. The molecule has 2 heterocycles. The Balaban J connectivity index is 1.30. The lowest BCUT2D eigenvalue weighted by Crippen LogP contribution is -2.42. The minimum Gasteiger partial charge on any atom is -0.492 e. The number of aromatic nitrogens is 2. The number of rotatable bonds is 9.